The van der Waals surface area contributed by atoms with Gasteiger partial charge >= 0.3 is 0 Å². The van der Waals surface area contributed by atoms with Gasteiger partial charge in [-0.3, -0.25) is 9.00 Å². The van der Waals surface area contributed by atoms with Crippen molar-refractivity contribution in [3.8, 4) is 17.2 Å². The summed E-state index contributed by atoms with van der Waals surface area (Å²) in [5.41, 5.74) is 2.87. The standard InChI is InChI=1S/C19H15N3O4S/c23-19(12-6-7-16-17(8-12)26-11-25-16)20-18-14-9-27(24)10-15(14)21-22(18)13-4-2-1-3-5-13/h1-8H,9-11H2,(H,20,23)/t27-/m1/s1. The molecule has 0 saturated heterocycles. The summed E-state index contributed by atoms with van der Waals surface area (Å²) in [6.45, 7) is 0.153. The average Bonchev–Trinajstić information content (AvgIpc) is 3.37. The third kappa shape index (κ3) is 2.78. The van der Waals surface area contributed by atoms with E-state index in [4.69, 9.17) is 9.47 Å². The molecule has 8 heteroatoms. The van der Waals surface area contributed by atoms with Crippen LogP contribution in [0.5, 0.6) is 11.5 Å². The molecule has 0 radical (unpaired) electrons. The van der Waals surface area contributed by atoms with Crippen LogP contribution in [0.25, 0.3) is 5.69 Å². The molecule has 2 aliphatic rings. The van der Waals surface area contributed by atoms with Gasteiger partial charge in [0.05, 0.1) is 22.9 Å². The van der Waals surface area contributed by atoms with Crippen molar-refractivity contribution < 1.29 is 18.5 Å². The van der Waals surface area contributed by atoms with Gasteiger partial charge in [-0.15, -0.1) is 0 Å². The summed E-state index contributed by atoms with van der Waals surface area (Å²) < 4.78 is 24.3. The molecule has 3 aromatic rings. The van der Waals surface area contributed by atoms with Gasteiger partial charge in [-0.05, 0) is 30.3 Å². The maximum absolute atomic E-state index is 12.9. The molecule has 1 atom stereocenters. The van der Waals surface area contributed by atoms with Gasteiger partial charge in [0.25, 0.3) is 5.91 Å². The largest absolute Gasteiger partial charge is 0.454 e. The van der Waals surface area contributed by atoms with Crippen LogP contribution in [0, 0.1) is 0 Å². The van der Waals surface area contributed by atoms with Crippen LogP contribution >= 0.6 is 0 Å². The summed E-state index contributed by atoms with van der Waals surface area (Å²) >= 11 is 0. The smallest absolute Gasteiger partial charge is 0.256 e. The molecule has 136 valence electrons. The number of rotatable bonds is 3. The lowest BCUT2D eigenvalue weighted by Crippen LogP contribution is -2.16. The Balaban J connectivity index is 1.53. The number of hydrogen-bond acceptors (Lipinski definition) is 5. The number of fused-ring (bicyclic) bond motifs is 2. The first-order valence-corrected chi connectivity index (χ1v) is 9.90. The van der Waals surface area contributed by atoms with Gasteiger partial charge in [0, 0.05) is 21.9 Å². The van der Waals surface area contributed by atoms with Crippen molar-refractivity contribution in [1.29, 1.82) is 0 Å². The topological polar surface area (TPSA) is 82.5 Å². The number of aromatic nitrogens is 2. The predicted molar refractivity (Wildman–Crippen MR) is 99.6 cm³/mol. The van der Waals surface area contributed by atoms with Crippen LogP contribution in [0.1, 0.15) is 21.6 Å². The van der Waals surface area contributed by atoms with Crippen LogP contribution in [0.3, 0.4) is 0 Å². The highest BCUT2D eigenvalue weighted by atomic mass is 32.2. The fourth-order valence-electron chi connectivity index (χ4n) is 3.23. The zero-order valence-corrected chi connectivity index (χ0v) is 15.0. The zero-order valence-electron chi connectivity index (χ0n) is 14.2. The molecule has 7 nitrogen and oxygen atoms in total. The Morgan fingerprint density at radius 2 is 1.89 bits per heavy atom. The minimum absolute atomic E-state index is 0.153. The molecule has 5 rings (SSSR count). The van der Waals surface area contributed by atoms with E-state index in [1.165, 1.54) is 0 Å². The Morgan fingerprint density at radius 1 is 1.07 bits per heavy atom. The summed E-state index contributed by atoms with van der Waals surface area (Å²) in [7, 11) is -0.986. The van der Waals surface area contributed by atoms with Gasteiger partial charge in [0.1, 0.15) is 5.82 Å². The van der Waals surface area contributed by atoms with Gasteiger partial charge < -0.3 is 14.8 Å². The van der Waals surface area contributed by atoms with Gasteiger partial charge in [0.15, 0.2) is 11.5 Å². The number of benzene rings is 2. The first kappa shape index (κ1) is 16.1. The monoisotopic (exact) mass is 381 g/mol. The van der Waals surface area contributed by atoms with Gasteiger partial charge in [-0.2, -0.15) is 5.10 Å². The maximum Gasteiger partial charge on any atom is 0.256 e. The maximum atomic E-state index is 12.9. The fraction of sp³-hybridized carbons (Fsp3) is 0.158. The van der Waals surface area contributed by atoms with Crippen molar-refractivity contribution in [3.63, 3.8) is 0 Å². The predicted octanol–water partition coefficient (Wildman–Crippen LogP) is 2.62. The van der Waals surface area contributed by atoms with E-state index in [2.05, 4.69) is 10.4 Å². The van der Waals surface area contributed by atoms with Crippen LogP contribution < -0.4 is 14.8 Å². The quantitative estimate of drug-likeness (QED) is 0.754. The van der Waals surface area contributed by atoms with Crippen LogP contribution in [0.15, 0.2) is 48.5 Å². The van der Waals surface area contributed by atoms with Crippen molar-refractivity contribution in [2.45, 2.75) is 11.5 Å². The third-order valence-corrected chi connectivity index (χ3v) is 5.74. The Hall–Kier alpha value is -3.13. The molecule has 0 saturated carbocycles. The molecule has 2 aromatic carbocycles. The van der Waals surface area contributed by atoms with E-state index in [0.717, 1.165) is 16.9 Å². The molecule has 0 bridgehead atoms. The minimum atomic E-state index is -0.986. The second-order valence-corrected chi connectivity index (χ2v) is 7.73. The Bertz CT molecular complexity index is 1080. The molecule has 27 heavy (non-hydrogen) atoms. The summed E-state index contributed by atoms with van der Waals surface area (Å²) in [4.78, 5) is 12.9. The fourth-order valence-corrected chi connectivity index (χ4v) is 4.49. The summed E-state index contributed by atoms with van der Waals surface area (Å²) in [6.07, 6.45) is 0. The van der Waals surface area contributed by atoms with Crippen molar-refractivity contribution in [1.82, 2.24) is 9.78 Å². The highest BCUT2D eigenvalue weighted by Crippen LogP contribution is 2.34. The van der Waals surface area contributed by atoms with Crippen LogP contribution in [0.2, 0.25) is 0 Å². The summed E-state index contributed by atoms with van der Waals surface area (Å²) in [6, 6.07) is 14.6. The van der Waals surface area contributed by atoms with Crippen molar-refractivity contribution >= 4 is 22.5 Å². The SMILES string of the molecule is O=C(Nc1c2c(nn1-c1ccccc1)C[S@](=O)C2)c1ccc2c(c1)OCO2. The number of carbonyl (C=O) groups is 1. The summed E-state index contributed by atoms with van der Waals surface area (Å²) in [5.74, 6) is 2.24. The molecule has 1 amide bonds. The Morgan fingerprint density at radius 3 is 2.74 bits per heavy atom. The summed E-state index contributed by atoms with van der Waals surface area (Å²) in [5, 5.41) is 7.53. The first-order valence-electron chi connectivity index (χ1n) is 8.41. The van der Waals surface area contributed by atoms with E-state index in [1.807, 2.05) is 30.3 Å². The lowest BCUT2D eigenvalue weighted by Gasteiger charge is -2.11. The number of anilines is 1. The molecule has 1 N–H and O–H groups in total. The molecule has 0 unspecified atom stereocenters. The molecular weight excluding hydrogens is 366 g/mol. The Kier molecular flexibility index (Phi) is 3.71. The highest BCUT2D eigenvalue weighted by Gasteiger charge is 2.28. The number of nitrogens with zero attached hydrogens (tertiary/aromatic N) is 2. The second kappa shape index (κ2) is 6.24. The zero-order chi connectivity index (χ0) is 18.4. The second-order valence-electron chi connectivity index (χ2n) is 6.27. The Labute approximate surface area is 157 Å². The molecule has 2 aliphatic heterocycles. The lowest BCUT2D eigenvalue weighted by atomic mass is 10.2. The van der Waals surface area contributed by atoms with Gasteiger partial charge in [-0.25, -0.2) is 4.68 Å². The number of nitrogens with one attached hydrogen (secondary N) is 1. The lowest BCUT2D eigenvalue weighted by molar-refractivity contribution is 0.102. The van der Waals surface area contributed by atoms with E-state index in [1.54, 1.807) is 22.9 Å². The number of carbonyl (C=O) groups excluding carboxylic acids is 1. The minimum Gasteiger partial charge on any atom is -0.454 e. The molecule has 0 aliphatic carbocycles. The van der Waals surface area contributed by atoms with Crippen LogP contribution in [0.4, 0.5) is 5.82 Å². The van der Waals surface area contributed by atoms with E-state index < -0.39 is 10.8 Å². The van der Waals surface area contributed by atoms with E-state index in [-0.39, 0.29) is 12.7 Å². The number of para-hydroxylation sites is 1. The number of hydrogen-bond donors (Lipinski definition) is 1. The van der Waals surface area contributed by atoms with E-state index in [0.29, 0.717) is 34.4 Å². The average molecular weight is 381 g/mol. The van der Waals surface area contributed by atoms with Crippen molar-refractivity contribution in [2.24, 2.45) is 0 Å². The first-order chi connectivity index (χ1) is 13.2. The van der Waals surface area contributed by atoms with E-state index in [9.17, 15) is 9.00 Å². The molecular formula is C19H15N3O4S. The van der Waals surface area contributed by atoms with Gasteiger partial charge in [-0.1, -0.05) is 18.2 Å². The molecule has 0 spiro atoms. The van der Waals surface area contributed by atoms with Crippen LogP contribution in [-0.4, -0.2) is 26.7 Å². The van der Waals surface area contributed by atoms with Crippen LogP contribution in [-0.2, 0) is 22.3 Å². The highest BCUT2D eigenvalue weighted by molar-refractivity contribution is 7.83. The molecule has 0 fully saturated rings. The normalized spacial score (nSPS) is 17.0. The third-order valence-electron chi connectivity index (χ3n) is 4.54. The molecule has 1 aromatic heterocycles. The number of ether oxygens (including phenoxy) is 2. The van der Waals surface area contributed by atoms with Gasteiger partial charge in [0.2, 0.25) is 6.79 Å². The molecule has 3 heterocycles. The number of amides is 1. The van der Waals surface area contributed by atoms with Crippen molar-refractivity contribution in [2.75, 3.05) is 12.1 Å². The van der Waals surface area contributed by atoms with E-state index >= 15 is 0 Å². The van der Waals surface area contributed by atoms with Crippen molar-refractivity contribution in [3.05, 3.63) is 65.4 Å².